The number of carbonyl (C=O) groups is 2. The van der Waals surface area contributed by atoms with Crippen molar-refractivity contribution in [1.29, 1.82) is 0 Å². The zero-order valence-corrected chi connectivity index (χ0v) is 12.9. The second-order valence-corrected chi connectivity index (χ2v) is 5.54. The van der Waals surface area contributed by atoms with E-state index in [1.807, 2.05) is 0 Å². The Morgan fingerprint density at radius 3 is 2.48 bits per heavy atom. The summed E-state index contributed by atoms with van der Waals surface area (Å²) in [6.45, 7) is 0. The molecule has 2 aromatic rings. The molecule has 0 fully saturated rings. The van der Waals surface area contributed by atoms with E-state index in [0.717, 1.165) is 0 Å². The molecule has 0 aliphatic carbocycles. The van der Waals surface area contributed by atoms with Crippen LogP contribution in [0.5, 0.6) is 0 Å². The quantitative estimate of drug-likeness (QED) is 0.853. The van der Waals surface area contributed by atoms with Gasteiger partial charge in [0.05, 0.1) is 6.42 Å². The van der Waals surface area contributed by atoms with Gasteiger partial charge in [-0.05, 0) is 35.4 Å². The van der Waals surface area contributed by atoms with Crippen LogP contribution in [0.1, 0.15) is 11.1 Å². The molecule has 0 aliphatic rings. The second-order valence-electron chi connectivity index (χ2n) is 5.10. The lowest BCUT2D eigenvalue weighted by molar-refractivity contribution is -0.141. The maximum absolute atomic E-state index is 13.1. The first-order chi connectivity index (χ1) is 10.9. The lowest BCUT2D eigenvalue weighted by Gasteiger charge is -2.15. The highest BCUT2D eigenvalue weighted by Crippen LogP contribution is 2.13. The SMILES string of the molecule is O=C(Cc1cccc(F)c1)N[C@@H](Cc1cccc(Cl)c1)C(=O)O. The third-order valence-corrected chi connectivity index (χ3v) is 3.45. The number of halogens is 2. The number of carboxylic acids is 1. The number of nitrogens with one attached hydrogen (secondary N) is 1. The van der Waals surface area contributed by atoms with Crippen molar-refractivity contribution in [2.24, 2.45) is 0 Å². The molecule has 0 saturated heterocycles. The molecular weight excluding hydrogens is 321 g/mol. The van der Waals surface area contributed by atoms with Crippen LogP contribution >= 0.6 is 11.6 Å². The molecule has 0 aromatic heterocycles. The standard InChI is InChI=1S/C17H15ClFNO3/c18-13-5-1-3-11(7-13)9-15(17(22)23)20-16(21)10-12-4-2-6-14(19)8-12/h1-8,15H,9-10H2,(H,20,21)(H,22,23)/t15-/m0/s1. The first-order valence-corrected chi connectivity index (χ1v) is 7.33. The Morgan fingerprint density at radius 1 is 1.13 bits per heavy atom. The monoisotopic (exact) mass is 335 g/mol. The van der Waals surface area contributed by atoms with Crippen LogP contribution in [-0.4, -0.2) is 23.0 Å². The van der Waals surface area contributed by atoms with Crippen molar-refractivity contribution >= 4 is 23.5 Å². The minimum atomic E-state index is -1.14. The van der Waals surface area contributed by atoms with Crippen molar-refractivity contribution in [3.8, 4) is 0 Å². The number of rotatable bonds is 6. The number of amides is 1. The van der Waals surface area contributed by atoms with Gasteiger partial charge in [-0.1, -0.05) is 35.9 Å². The zero-order chi connectivity index (χ0) is 16.8. The van der Waals surface area contributed by atoms with Gasteiger partial charge in [-0.2, -0.15) is 0 Å². The Hall–Kier alpha value is -2.40. The first-order valence-electron chi connectivity index (χ1n) is 6.95. The minimum Gasteiger partial charge on any atom is -0.480 e. The second kappa shape index (κ2) is 7.74. The number of aliphatic carboxylic acids is 1. The average Bonchev–Trinajstić information content (AvgIpc) is 2.46. The average molecular weight is 336 g/mol. The van der Waals surface area contributed by atoms with Gasteiger partial charge >= 0.3 is 5.97 Å². The summed E-state index contributed by atoms with van der Waals surface area (Å²) < 4.78 is 13.1. The van der Waals surface area contributed by atoms with E-state index in [1.165, 1.54) is 18.2 Å². The van der Waals surface area contributed by atoms with E-state index >= 15 is 0 Å². The number of benzene rings is 2. The molecular formula is C17H15ClFNO3. The van der Waals surface area contributed by atoms with Gasteiger partial charge in [0.2, 0.25) is 5.91 Å². The van der Waals surface area contributed by atoms with E-state index in [4.69, 9.17) is 11.6 Å². The fourth-order valence-corrected chi connectivity index (χ4v) is 2.39. The number of carboxylic acid groups (broad SMARTS) is 1. The van der Waals surface area contributed by atoms with Crippen molar-refractivity contribution in [3.05, 3.63) is 70.5 Å². The highest BCUT2D eigenvalue weighted by Gasteiger charge is 2.20. The summed E-state index contributed by atoms with van der Waals surface area (Å²) in [5.74, 6) is -2.06. The van der Waals surface area contributed by atoms with Crippen LogP contribution in [-0.2, 0) is 22.4 Å². The third-order valence-electron chi connectivity index (χ3n) is 3.22. The summed E-state index contributed by atoms with van der Waals surface area (Å²) in [5.41, 5.74) is 1.19. The van der Waals surface area contributed by atoms with Gasteiger partial charge in [-0.15, -0.1) is 0 Å². The van der Waals surface area contributed by atoms with Gasteiger partial charge < -0.3 is 10.4 Å². The van der Waals surface area contributed by atoms with E-state index in [-0.39, 0.29) is 12.8 Å². The molecule has 1 amide bonds. The maximum atomic E-state index is 13.1. The van der Waals surface area contributed by atoms with Gasteiger partial charge in [-0.3, -0.25) is 4.79 Å². The van der Waals surface area contributed by atoms with Crippen LogP contribution in [0, 0.1) is 5.82 Å². The molecule has 0 radical (unpaired) electrons. The predicted octanol–water partition coefficient (Wildman–Crippen LogP) is 2.83. The summed E-state index contributed by atoms with van der Waals surface area (Å²) in [6.07, 6.45) is 0.0296. The predicted molar refractivity (Wildman–Crippen MR) is 84.8 cm³/mol. The minimum absolute atomic E-state index is 0.0862. The number of hydrogen-bond donors (Lipinski definition) is 2. The summed E-state index contributed by atoms with van der Waals surface area (Å²) in [5, 5.41) is 12.2. The van der Waals surface area contributed by atoms with Gasteiger partial charge in [0.15, 0.2) is 0 Å². The van der Waals surface area contributed by atoms with Gasteiger partial charge in [0.25, 0.3) is 0 Å². The van der Waals surface area contributed by atoms with Crippen LogP contribution < -0.4 is 5.32 Å². The Kier molecular flexibility index (Phi) is 5.71. The molecule has 2 N–H and O–H groups in total. The molecule has 120 valence electrons. The number of carbonyl (C=O) groups excluding carboxylic acids is 1. The van der Waals surface area contributed by atoms with Gasteiger partial charge in [0, 0.05) is 11.4 Å². The Morgan fingerprint density at radius 2 is 1.83 bits per heavy atom. The molecule has 23 heavy (non-hydrogen) atoms. The number of hydrogen-bond acceptors (Lipinski definition) is 2. The lowest BCUT2D eigenvalue weighted by atomic mass is 10.1. The van der Waals surface area contributed by atoms with Crippen LogP contribution in [0.3, 0.4) is 0 Å². The molecule has 2 aromatic carbocycles. The molecule has 6 heteroatoms. The van der Waals surface area contributed by atoms with Crippen molar-refractivity contribution < 1.29 is 19.1 Å². The first kappa shape index (κ1) is 17.0. The van der Waals surface area contributed by atoms with E-state index in [2.05, 4.69) is 5.32 Å². The molecule has 2 rings (SSSR count). The van der Waals surface area contributed by atoms with E-state index in [0.29, 0.717) is 16.1 Å². The summed E-state index contributed by atoms with van der Waals surface area (Å²) >= 11 is 5.87. The molecule has 0 unspecified atom stereocenters. The van der Waals surface area contributed by atoms with Crippen molar-refractivity contribution in [1.82, 2.24) is 5.32 Å². The van der Waals surface area contributed by atoms with E-state index in [1.54, 1.807) is 30.3 Å². The maximum Gasteiger partial charge on any atom is 0.326 e. The Bertz CT molecular complexity index is 720. The van der Waals surface area contributed by atoms with Crippen LogP contribution in [0.4, 0.5) is 4.39 Å². The van der Waals surface area contributed by atoms with Crippen LogP contribution in [0.25, 0.3) is 0 Å². The van der Waals surface area contributed by atoms with Crippen molar-refractivity contribution in [3.63, 3.8) is 0 Å². The molecule has 0 aliphatic heterocycles. The van der Waals surface area contributed by atoms with Crippen molar-refractivity contribution in [2.75, 3.05) is 0 Å². The van der Waals surface area contributed by atoms with Crippen LogP contribution in [0.2, 0.25) is 5.02 Å². The lowest BCUT2D eigenvalue weighted by Crippen LogP contribution is -2.43. The Labute approximate surface area is 137 Å². The fraction of sp³-hybridized carbons (Fsp3) is 0.176. The summed E-state index contributed by atoms with van der Waals surface area (Å²) in [6, 6.07) is 11.3. The topological polar surface area (TPSA) is 66.4 Å². The zero-order valence-electron chi connectivity index (χ0n) is 12.1. The fourth-order valence-electron chi connectivity index (χ4n) is 2.18. The molecule has 0 spiro atoms. The van der Waals surface area contributed by atoms with Crippen molar-refractivity contribution in [2.45, 2.75) is 18.9 Å². The molecule has 0 bridgehead atoms. The molecule has 0 heterocycles. The smallest absolute Gasteiger partial charge is 0.326 e. The Balaban J connectivity index is 2.01. The van der Waals surface area contributed by atoms with Crippen LogP contribution in [0.15, 0.2) is 48.5 Å². The normalized spacial score (nSPS) is 11.7. The molecule has 0 saturated carbocycles. The summed E-state index contributed by atoms with van der Waals surface area (Å²) in [4.78, 5) is 23.3. The highest BCUT2D eigenvalue weighted by atomic mass is 35.5. The highest BCUT2D eigenvalue weighted by molar-refractivity contribution is 6.30. The molecule has 1 atom stereocenters. The van der Waals surface area contributed by atoms with Gasteiger partial charge in [-0.25, -0.2) is 9.18 Å². The van der Waals surface area contributed by atoms with Gasteiger partial charge in [0.1, 0.15) is 11.9 Å². The third kappa shape index (κ3) is 5.38. The summed E-state index contributed by atoms with van der Waals surface area (Å²) in [7, 11) is 0. The van der Waals surface area contributed by atoms with E-state index < -0.39 is 23.7 Å². The largest absolute Gasteiger partial charge is 0.480 e. The molecule has 4 nitrogen and oxygen atoms in total. The van der Waals surface area contributed by atoms with E-state index in [9.17, 15) is 19.1 Å².